The van der Waals surface area contributed by atoms with Crippen molar-refractivity contribution in [3.05, 3.63) is 12.2 Å². The van der Waals surface area contributed by atoms with E-state index in [-0.39, 0.29) is 29.6 Å². The van der Waals surface area contributed by atoms with Gasteiger partial charge in [-0.05, 0) is 107 Å². The first-order chi connectivity index (χ1) is 20.1. The molecule has 5 rings (SSSR count). The number of ether oxygens (including phenoxy) is 5. The molecule has 3 aliphatic heterocycles. The summed E-state index contributed by atoms with van der Waals surface area (Å²) < 4.78 is 30.9. The third-order valence-corrected chi connectivity index (χ3v) is 11.5. The lowest BCUT2D eigenvalue weighted by atomic mass is 9.88. The molecule has 0 N–H and O–H groups in total. The molecule has 234 valence electrons. The smallest absolute Gasteiger partial charge is 0.158 e. The van der Waals surface area contributed by atoms with E-state index in [9.17, 15) is 4.79 Å². The number of alkyl halides is 1. The van der Waals surface area contributed by atoms with Crippen LogP contribution in [0.15, 0.2) is 12.2 Å². The van der Waals surface area contributed by atoms with Gasteiger partial charge in [-0.3, -0.25) is 0 Å². The summed E-state index contributed by atoms with van der Waals surface area (Å²) in [5.41, 5.74) is 0. The van der Waals surface area contributed by atoms with Crippen LogP contribution in [0, 0.1) is 23.7 Å². The molecular formula is C34H55BrO6. The van der Waals surface area contributed by atoms with Crippen LogP contribution in [0.3, 0.4) is 0 Å². The Kier molecular flexibility index (Phi) is 13.1. The first kappa shape index (κ1) is 32.1. The summed E-state index contributed by atoms with van der Waals surface area (Å²) in [6, 6.07) is 0. The van der Waals surface area contributed by atoms with Gasteiger partial charge < -0.3 is 28.5 Å². The molecule has 0 amide bonds. The quantitative estimate of drug-likeness (QED) is 0.103. The van der Waals surface area contributed by atoms with Crippen LogP contribution in [0.4, 0.5) is 0 Å². The first-order valence-electron chi connectivity index (χ1n) is 17.1. The van der Waals surface area contributed by atoms with E-state index in [0.29, 0.717) is 30.3 Å². The van der Waals surface area contributed by atoms with Gasteiger partial charge in [0, 0.05) is 18.0 Å². The van der Waals surface area contributed by atoms with Gasteiger partial charge in [-0.15, -0.1) is 0 Å². The lowest BCUT2D eigenvalue weighted by Gasteiger charge is -2.30. The molecule has 0 aromatic heterocycles. The highest BCUT2D eigenvalue weighted by molar-refractivity contribution is 9.09. The molecule has 11 atom stereocenters. The molecule has 3 saturated heterocycles. The summed E-state index contributed by atoms with van der Waals surface area (Å²) in [7, 11) is 0. The second-order valence-electron chi connectivity index (χ2n) is 13.4. The third-order valence-electron chi connectivity index (χ3n) is 10.4. The van der Waals surface area contributed by atoms with Crippen LogP contribution in [0.1, 0.15) is 116 Å². The van der Waals surface area contributed by atoms with E-state index >= 15 is 0 Å². The SMILES string of the molecule is CCCCC1CCC([C@@H](C=C[C@H]2CC[C@H]3O[C@@H](C(Br)CCC(C=O)OC4CCCCO4)C[C@H]23)OC2CCCCO2)C1. The summed E-state index contributed by atoms with van der Waals surface area (Å²) in [6.07, 6.45) is 25.2. The van der Waals surface area contributed by atoms with E-state index in [0.717, 1.165) is 76.8 Å². The molecule has 5 aliphatic rings. The van der Waals surface area contributed by atoms with Crippen LogP contribution in [-0.2, 0) is 28.5 Å². The van der Waals surface area contributed by atoms with Gasteiger partial charge in [0.2, 0.25) is 0 Å². The highest BCUT2D eigenvalue weighted by Crippen LogP contribution is 2.46. The van der Waals surface area contributed by atoms with Crippen molar-refractivity contribution in [1.29, 1.82) is 0 Å². The molecule has 6 nitrogen and oxygen atoms in total. The maximum atomic E-state index is 11.7. The zero-order chi connectivity index (χ0) is 28.4. The number of carbonyl (C=O) groups excluding carboxylic acids is 1. The predicted molar refractivity (Wildman–Crippen MR) is 164 cm³/mol. The van der Waals surface area contributed by atoms with E-state index < -0.39 is 6.10 Å². The normalized spacial score (nSPS) is 38.2. The Balaban J connectivity index is 1.12. The summed E-state index contributed by atoms with van der Waals surface area (Å²) in [5, 5.41) is 0. The van der Waals surface area contributed by atoms with Crippen molar-refractivity contribution in [3.8, 4) is 0 Å². The van der Waals surface area contributed by atoms with E-state index in [1.165, 1.54) is 51.4 Å². The minimum absolute atomic E-state index is 0.0402. The average Bonchev–Trinajstić information content (AvgIpc) is 3.74. The van der Waals surface area contributed by atoms with Crippen LogP contribution in [0.5, 0.6) is 0 Å². The fourth-order valence-corrected chi connectivity index (χ4v) is 8.60. The number of unbranched alkanes of at least 4 members (excludes halogenated alkanes) is 1. The van der Waals surface area contributed by atoms with E-state index in [4.69, 9.17) is 23.7 Å². The maximum absolute atomic E-state index is 11.7. The van der Waals surface area contributed by atoms with Gasteiger partial charge in [0.05, 0.1) is 18.3 Å². The van der Waals surface area contributed by atoms with E-state index in [1.807, 2.05) is 0 Å². The van der Waals surface area contributed by atoms with Gasteiger partial charge in [-0.2, -0.15) is 0 Å². The largest absolute Gasteiger partial charge is 0.374 e. The van der Waals surface area contributed by atoms with E-state index in [1.54, 1.807) is 0 Å². The zero-order valence-corrected chi connectivity index (χ0v) is 26.9. The van der Waals surface area contributed by atoms with Gasteiger partial charge in [-0.1, -0.05) is 60.7 Å². The van der Waals surface area contributed by atoms with Crippen molar-refractivity contribution in [2.24, 2.45) is 23.7 Å². The molecule has 0 bridgehead atoms. The highest BCUT2D eigenvalue weighted by atomic mass is 79.9. The Hall–Kier alpha value is -0.310. The molecule has 2 saturated carbocycles. The molecule has 5 fully saturated rings. The van der Waals surface area contributed by atoms with Crippen LogP contribution in [-0.4, -0.2) is 61.3 Å². The van der Waals surface area contributed by atoms with Gasteiger partial charge in [0.1, 0.15) is 12.4 Å². The summed E-state index contributed by atoms with van der Waals surface area (Å²) >= 11 is 3.92. The van der Waals surface area contributed by atoms with Crippen LogP contribution >= 0.6 is 15.9 Å². The molecule has 41 heavy (non-hydrogen) atoms. The Morgan fingerprint density at radius 2 is 1.68 bits per heavy atom. The highest BCUT2D eigenvalue weighted by Gasteiger charge is 2.45. The molecule has 3 heterocycles. The van der Waals surface area contributed by atoms with Crippen molar-refractivity contribution in [3.63, 3.8) is 0 Å². The monoisotopic (exact) mass is 638 g/mol. The van der Waals surface area contributed by atoms with Crippen LogP contribution < -0.4 is 0 Å². The second kappa shape index (κ2) is 16.7. The fourth-order valence-electron chi connectivity index (χ4n) is 7.99. The predicted octanol–water partition coefficient (Wildman–Crippen LogP) is 7.90. The lowest BCUT2D eigenvalue weighted by molar-refractivity contribution is -0.187. The number of hydrogen-bond donors (Lipinski definition) is 0. The molecular weight excluding hydrogens is 584 g/mol. The Morgan fingerprint density at radius 3 is 2.39 bits per heavy atom. The summed E-state index contributed by atoms with van der Waals surface area (Å²) in [5.74, 6) is 2.59. The Labute approximate surface area is 257 Å². The molecule has 7 heteroatoms. The van der Waals surface area contributed by atoms with Crippen LogP contribution in [0.25, 0.3) is 0 Å². The number of halogens is 1. The van der Waals surface area contributed by atoms with Crippen molar-refractivity contribution < 1.29 is 28.5 Å². The molecule has 2 aliphatic carbocycles. The average molecular weight is 640 g/mol. The Bertz CT molecular complexity index is 796. The molecule has 0 spiro atoms. The fraction of sp³-hybridized carbons (Fsp3) is 0.912. The zero-order valence-electron chi connectivity index (χ0n) is 25.3. The van der Waals surface area contributed by atoms with Gasteiger partial charge in [-0.25, -0.2) is 0 Å². The first-order valence-corrected chi connectivity index (χ1v) is 18.0. The van der Waals surface area contributed by atoms with Crippen LogP contribution in [0.2, 0.25) is 0 Å². The summed E-state index contributed by atoms with van der Waals surface area (Å²) in [4.78, 5) is 11.9. The van der Waals surface area contributed by atoms with Gasteiger partial charge in [0.25, 0.3) is 0 Å². The van der Waals surface area contributed by atoms with Gasteiger partial charge >= 0.3 is 0 Å². The molecule has 0 radical (unpaired) electrons. The van der Waals surface area contributed by atoms with Crippen molar-refractivity contribution >= 4 is 22.2 Å². The molecule has 0 aromatic rings. The lowest BCUT2D eigenvalue weighted by Crippen LogP contribution is -2.31. The maximum Gasteiger partial charge on any atom is 0.158 e. The van der Waals surface area contributed by atoms with Crippen molar-refractivity contribution in [2.75, 3.05) is 13.2 Å². The third kappa shape index (κ3) is 9.34. The summed E-state index contributed by atoms with van der Waals surface area (Å²) in [6.45, 7) is 3.86. The standard InChI is InChI=1S/C34H55BrO6/c1-2-3-8-24-11-12-26(21-24)30(41-34-10-5-7-20-38-34)17-13-25-14-18-31-28(25)22-32(40-31)29(35)16-15-27(23-36)39-33-9-4-6-19-37-33/h13,17,23-34H,2-12,14-16,18-22H2,1H3/t24?,25-,26?,27?,28+,29?,30+,31+,32+,33?,34?/m0/s1. The van der Waals surface area contributed by atoms with E-state index in [2.05, 4.69) is 35.0 Å². The van der Waals surface area contributed by atoms with Crippen molar-refractivity contribution in [1.82, 2.24) is 0 Å². The second-order valence-corrected chi connectivity index (χ2v) is 14.6. The topological polar surface area (TPSA) is 63.2 Å². The molecule has 0 aromatic carbocycles. The Morgan fingerprint density at radius 1 is 0.902 bits per heavy atom. The number of allylic oxidation sites excluding steroid dienone is 1. The van der Waals surface area contributed by atoms with Crippen molar-refractivity contribution in [2.45, 2.75) is 158 Å². The number of rotatable bonds is 15. The minimum Gasteiger partial charge on any atom is -0.374 e. The molecule has 6 unspecified atom stereocenters. The number of hydrogen-bond acceptors (Lipinski definition) is 6. The number of aldehydes is 1. The number of carbonyl (C=O) groups is 1. The number of fused-ring (bicyclic) bond motifs is 1. The minimum atomic E-state index is -0.406. The van der Waals surface area contributed by atoms with Gasteiger partial charge in [0.15, 0.2) is 12.6 Å².